The number of sulfonamides is 1. The molecule has 1 aliphatic rings. The van der Waals surface area contributed by atoms with Crippen molar-refractivity contribution in [2.75, 3.05) is 13.1 Å². The molecule has 0 unspecified atom stereocenters. The van der Waals surface area contributed by atoms with E-state index in [0.29, 0.717) is 17.5 Å². The van der Waals surface area contributed by atoms with Crippen molar-refractivity contribution in [1.29, 1.82) is 0 Å². The summed E-state index contributed by atoms with van der Waals surface area (Å²) in [4.78, 5) is 10.6. The summed E-state index contributed by atoms with van der Waals surface area (Å²) in [5.74, 6) is 0. The van der Waals surface area contributed by atoms with Gasteiger partial charge in [0.15, 0.2) is 0 Å². The quantitative estimate of drug-likeness (QED) is 0.669. The fourth-order valence-corrected chi connectivity index (χ4v) is 4.82. The molecular weight excluding hydrogens is 296 g/mol. The maximum absolute atomic E-state index is 12.7. The van der Waals surface area contributed by atoms with Crippen molar-refractivity contribution in [1.82, 2.24) is 4.31 Å². The highest BCUT2D eigenvalue weighted by molar-refractivity contribution is 7.89. The highest BCUT2D eigenvalue weighted by Gasteiger charge is 2.36. The molecule has 116 valence electrons. The Morgan fingerprint density at radius 3 is 2.43 bits per heavy atom. The van der Waals surface area contributed by atoms with Crippen molar-refractivity contribution < 1.29 is 18.4 Å². The molecule has 7 nitrogen and oxygen atoms in total. The Balaban J connectivity index is 2.64. The molecule has 1 saturated heterocycles. The first-order valence-corrected chi connectivity index (χ1v) is 8.03. The molecule has 0 spiro atoms. The molecule has 1 aromatic rings. The molecule has 0 aromatic heterocycles. The fourth-order valence-electron chi connectivity index (χ4n) is 2.89. The number of nitro groups is 1. The van der Waals surface area contributed by atoms with Gasteiger partial charge in [-0.2, -0.15) is 4.31 Å². The van der Waals surface area contributed by atoms with E-state index in [1.54, 1.807) is 13.8 Å². The number of aliphatic hydroxyl groups is 1. The van der Waals surface area contributed by atoms with Crippen molar-refractivity contribution in [3.63, 3.8) is 0 Å². The van der Waals surface area contributed by atoms with Crippen LogP contribution in [0.25, 0.3) is 0 Å². The molecule has 1 fully saturated rings. The molecular formula is C13H18N2O5S. The van der Waals surface area contributed by atoms with E-state index in [0.717, 1.165) is 0 Å². The van der Waals surface area contributed by atoms with Crippen LogP contribution in [-0.4, -0.2) is 41.9 Å². The monoisotopic (exact) mass is 314 g/mol. The summed E-state index contributed by atoms with van der Waals surface area (Å²) in [5.41, 5.74) is 0.908. The molecule has 0 saturated carbocycles. The second-order valence-corrected chi connectivity index (χ2v) is 7.25. The minimum atomic E-state index is -3.84. The number of aryl methyl sites for hydroxylation is 2. The summed E-state index contributed by atoms with van der Waals surface area (Å²) in [6, 6.07) is 1.52. The lowest BCUT2D eigenvalue weighted by atomic mass is 10.1. The third kappa shape index (κ3) is 2.66. The second kappa shape index (κ2) is 5.36. The molecule has 1 atom stereocenters. The van der Waals surface area contributed by atoms with Crippen LogP contribution in [0, 0.1) is 30.9 Å². The van der Waals surface area contributed by atoms with Crippen LogP contribution in [0.2, 0.25) is 0 Å². The van der Waals surface area contributed by atoms with Gasteiger partial charge in [-0.3, -0.25) is 10.1 Å². The molecule has 1 heterocycles. The molecule has 1 N–H and O–H groups in total. The van der Waals surface area contributed by atoms with E-state index in [1.165, 1.54) is 17.3 Å². The Labute approximate surface area is 123 Å². The first-order valence-electron chi connectivity index (χ1n) is 6.59. The van der Waals surface area contributed by atoms with Gasteiger partial charge in [0.05, 0.1) is 15.9 Å². The van der Waals surface area contributed by atoms with Gasteiger partial charge in [-0.15, -0.1) is 0 Å². The van der Waals surface area contributed by atoms with Crippen LogP contribution in [0.1, 0.15) is 23.1 Å². The van der Waals surface area contributed by atoms with Crippen LogP contribution in [-0.2, 0) is 10.0 Å². The van der Waals surface area contributed by atoms with Gasteiger partial charge in [-0.1, -0.05) is 0 Å². The van der Waals surface area contributed by atoms with E-state index in [-0.39, 0.29) is 29.2 Å². The van der Waals surface area contributed by atoms with Crippen molar-refractivity contribution in [2.24, 2.45) is 0 Å². The van der Waals surface area contributed by atoms with Gasteiger partial charge >= 0.3 is 0 Å². The molecule has 0 radical (unpaired) electrons. The first-order chi connectivity index (χ1) is 9.66. The lowest BCUT2D eigenvalue weighted by Gasteiger charge is -2.19. The van der Waals surface area contributed by atoms with E-state index in [9.17, 15) is 23.6 Å². The third-order valence-corrected chi connectivity index (χ3v) is 5.92. The molecule has 0 amide bonds. The normalized spacial score (nSPS) is 19.9. The van der Waals surface area contributed by atoms with E-state index in [4.69, 9.17) is 0 Å². The number of aliphatic hydroxyl groups excluding tert-OH is 1. The SMILES string of the molecule is Cc1cc(C)c(S(=O)(=O)N2CC[C@@H](O)C2)c(C)c1[N+](=O)[O-]. The standard InChI is InChI=1S/C13H18N2O5S/c1-8-6-9(2)13(10(3)12(8)15(17)18)21(19,20)14-5-4-11(16)7-14/h6,11,16H,4-5,7H2,1-3H3/t11-/m1/s1. The van der Waals surface area contributed by atoms with Crippen LogP contribution in [0.15, 0.2) is 11.0 Å². The van der Waals surface area contributed by atoms with Gasteiger partial charge < -0.3 is 5.11 Å². The molecule has 2 rings (SSSR count). The largest absolute Gasteiger partial charge is 0.392 e. The smallest absolute Gasteiger partial charge is 0.276 e. The van der Waals surface area contributed by atoms with Crippen LogP contribution >= 0.6 is 0 Å². The number of nitrogens with zero attached hydrogens (tertiary/aromatic N) is 2. The van der Waals surface area contributed by atoms with E-state index in [1.807, 2.05) is 0 Å². The maximum Gasteiger partial charge on any atom is 0.276 e. The summed E-state index contributed by atoms with van der Waals surface area (Å²) in [6.45, 7) is 4.93. The molecule has 1 aromatic carbocycles. The molecule has 0 aliphatic carbocycles. The second-order valence-electron chi connectivity index (χ2n) is 5.38. The van der Waals surface area contributed by atoms with Crippen LogP contribution < -0.4 is 0 Å². The summed E-state index contributed by atoms with van der Waals surface area (Å²) < 4.78 is 26.6. The predicted molar refractivity (Wildman–Crippen MR) is 76.7 cm³/mol. The summed E-state index contributed by atoms with van der Waals surface area (Å²) >= 11 is 0. The van der Waals surface area contributed by atoms with Gasteiger partial charge in [-0.05, 0) is 38.8 Å². The highest BCUT2D eigenvalue weighted by Crippen LogP contribution is 2.34. The number of β-amino-alcohol motifs (C(OH)–C–C–N with tert-alkyl or cyclic N) is 1. The van der Waals surface area contributed by atoms with Crippen molar-refractivity contribution in [3.05, 3.63) is 32.9 Å². The van der Waals surface area contributed by atoms with E-state index < -0.39 is 21.1 Å². The molecule has 0 bridgehead atoms. The van der Waals surface area contributed by atoms with Crippen LogP contribution in [0.3, 0.4) is 0 Å². The van der Waals surface area contributed by atoms with E-state index in [2.05, 4.69) is 0 Å². The molecule has 21 heavy (non-hydrogen) atoms. The summed E-state index contributed by atoms with van der Waals surface area (Å²) in [5, 5.41) is 20.7. The highest BCUT2D eigenvalue weighted by atomic mass is 32.2. The zero-order valence-electron chi connectivity index (χ0n) is 12.2. The molecule has 8 heteroatoms. The van der Waals surface area contributed by atoms with Crippen molar-refractivity contribution >= 4 is 15.7 Å². The van der Waals surface area contributed by atoms with Crippen LogP contribution in [0.5, 0.6) is 0 Å². The Morgan fingerprint density at radius 2 is 1.95 bits per heavy atom. The number of hydrogen-bond acceptors (Lipinski definition) is 5. The van der Waals surface area contributed by atoms with Gasteiger partial charge in [0.25, 0.3) is 5.69 Å². The number of rotatable bonds is 3. The minimum absolute atomic E-state index is 0.0195. The lowest BCUT2D eigenvalue weighted by Crippen LogP contribution is -2.31. The van der Waals surface area contributed by atoms with Gasteiger partial charge in [-0.25, -0.2) is 8.42 Å². The Kier molecular flexibility index (Phi) is 4.05. The van der Waals surface area contributed by atoms with E-state index >= 15 is 0 Å². The van der Waals surface area contributed by atoms with Crippen molar-refractivity contribution in [3.8, 4) is 0 Å². The molecule has 1 aliphatic heterocycles. The van der Waals surface area contributed by atoms with Gasteiger partial charge in [0, 0.05) is 24.2 Å². The summed E-state index contributed by atoms with van der Waals surface area (Å²) in [6.07, 6.45) is -0.300. The average molecular weight is 314 g/mol. The lowest BCUT2D eigenvalue weighted by molar-refractivity contribution is -0.386. The number of nitro benzene ring substituents is 1. The zero-order chi connectivity index (χ0) is 15.9. The Bertz CT molecular complexity index is 699. The maximum atomic E-state index is 12.7. The van der Waals surface area contributed by atoms with Crippen LogP contribution in [0.4, 0.5) is 5.69 Å². The van der Waals surface area contributed by atoms with Gasteiger partial charge in [0.1, 0.15) is 0 Å². The Hall–Kier alpha value is -1.51. The average Bonchev–Trinajstić information content (AvgIpc) is 2.74. The van der Waals surface area contributed by atoms with Crippen molar-refractivity contribution in [2.45, 2.75) is 38.2 Å². The Morgan fingerprint density at radius 1 is 1.33 bits per heavy atom. The number of benzene rings is 1. The first kappa shape index (κ1) is 15.9. The topological polar surface area (TPSA) is 101 Å². The zero-order valence-corrected chi connectivity index (χ0v) is 13.0. The van der Waals surface area contributed by atoms with Gasteiger partial charge in [0.2, 0.25) is 10.0 Å². The predicted octanol–water partition coefficient (Wildman–Crippen LogP) is 1.28. The summed E-state index contributed by atoms with van der Waals surface area (Å²) in [7, 11) is -3.84. The minimum Gasteiger partial charge on any atom is -0.392 e. The fraction of sp³-hybridized carbons (Fsp3) is 0.538. The number of hydrogen-bond donors (Lipinski definition) is 1. The third-order valence-electron chi connectivity index (χ3n) is 3.77.